The van der Waals surface area contributed by atoms with Crippen molar-refractivity contribution in [3.63, 3.8) is 0 Å². The predicted molar refractivity (Wildman–Crippen MR) is 145 cm³/mol. The van der Waals surface area contributed by atoms with Gasteiger partial charge >= 0.3 is 0 Å². The van der Waals surface area contributed by atoms with Gasteiger partial charge in [0.2, 0.25) is 11.8 Å². The molecule has 1 fully saturated rings. The molecule has 0 radical (unpaired) electrons. The summed E-state index contributed by atoms with van der Waals surface area (Å²) < 4.78 is 0. The number of carbonyl (C=O) groups excluding carboxylic acids is 2. The Bertz CT molecular complexity index is 1210. The first-order valence-corrected chi connectivity index (χ1v) is 13.7. The summed E-state index contributed by atoms with van der Waals surface area (Å²) in [5.74, 6) is -0.182. The molecular formula is C30H40N4O4. The molecule has 0 aromatic heterocycles. The van der Waals surface area contributed by atoms with Crippen LogP contribution in [-0.2, 0) is 22.4 Å². The monoisotopic (exact) mass is 520 g/mol. The second-order valence-corrected chi connectivity index (χ2v) is 11.8. The van der Waals surface area contributed by atoms with Crippen molar-refractivity contribution in [2.24, 2.45) is 5.41 Å². The molecule has 0 bridgehead atoms. The molecule has 5 rings (SSSR count). The smallest absolute Gasteiger partial charge is 0.238 e. The summed E-state index contributed by atoms with van der Waals surface area (Å²) in [7, 11) is 1.72. The summed E-state index contributed by atoms with van der Waals surface area (Å²) in [6, 6.07) is 11.5. The minimum Gasteiger partial charge on any atom is -0.508 e. The minimum atomic E-state index is -1.08. The molecule has 0 spiro atoms. The molecule has 2 aromatic rings. The Morgan fingerprint density at radius 3 is 2.61 bits per heavy atom. The van der Waals surface area contributed by atoms with Crippen molar-refractivity contribution in [1.29, 1.82) is 0 Å². The SMILES string of the molecule is CN[C@@H](C)C(=O)N[C@H]1Cc2ccc(O)cc2[C@H]2CC(C)(C)C(C(=O)N[C@@H]3CCCc4ccccc43)N2C1O. The van der Waals surface area contributed by atoms with Crippen molar-refractivity contribution in [3.05, 3.63) is 64.7 Å². The first-order chi connectivity index (χ1) is 18.1. The van der Waals surface area contributed by atoms with Crippen LogP contribution in [0.1, 0.15) is 74.4 Å². The molecule has 38 heavy (non-hydrogen) atoms. The summed E-state index contributed by atoms with van der Waals surface area (Å²) in [6.45, 7) is 5.89. The highest BCUT2D eigenvalue weighted by atomic mass is 16.3. The molecule has 6 atom stereocenters. The number of hydrogen-bond donors (Lipinski definition) is 5. The van der Waals surface area contributed by atoms with Crippen LogP contribution in [0, 0.1) is 5.41 Å². The third-order valence-electron chi connectivity index (χ3n) is 8.80. The highest BCUT2D eigenvalue weighted by Crippen LogP contribution is 2.51. The number of benzene rings is 2. The fraction of sp³-hybridized carbons (Fsp3) is 0.533. The lowest BCUT2D eigenvalue weighted by atomic mass is 9.80. The van der Waals surface area contributed by atoms with Gasteiger partial charge in [-0.1, -0.05) is 44.2 Å². The molecule has 8 heteroatoms. The van der Waals surface area contributed by atoms with E-state index < -0.39 is 29.8 Å². The van der Waals surface area contributed by atoms with Gasteiger partial charge in [-0.15, -0.1) is 0 Å². The van der Waals surface area contributed by atoms with E-state index in [9.17, 15) is 19.8 Å². The lowest BCUT2D eigenvalue weighted by molar-refractivity contribution is -0.138. The highest BCUT2D eigenvalue weighted by Gasteiger charge is 2.55. The molecule has 1 aliphatic carbocycles. The molecule has 2 aromatic carbocycles. The zero-order valence-corrected chi connectivity index (χ0v) is 22.7. The average Bonchev–Trinajstić information content (AvgIpc) is 3.14. The van der Waals surface area contributed by atoms with Gasteiger partial charge in [-0.05, 0) is 85.9 Å². The van der Waals surface area contributed by atoms with E-state index >= 15 is 0 Å². The number of aliphatic hydroxyl groups excluding tert-OH is 1. The molecule has 2 unspecified atom stereocenters. The number of fused-ring (bicyclic) bond motifs is 4. The van der Waals surface area contributed by atoms with Crippen LogP contribution in [0.15, 0.2) is 42.5 Å². The van der Waals surface area contributed by atoms with Gasteiger partial charge in [-0.3, -0.25) is 14.5 Å². The van der Waals surface area contributed by atoms with E-state index in [0.717, 1.165) is 36.0 Å². The summed E-state index contributed by atoms with van der Waals surface area (Å²) in [5.41, 5.74) is 3.82. The maximum absolute atomic E-state index is 14.1. The number of phenols is 1. The van der Waals surface area contributed by atoms with Crippen molar-refractivity contribution in [1.82, 2.24) is 20.9 Å². The average molecular weight is 521 g/mol. The lowest BCUT2D eigenvalue weighted by Gasteiger charge is -2.39. The van der Waals surface area contributed by atoms with Crippen molar-refractivity contribution >= 4 is 11.8 Å². The van der Waals surface area contributed by atoms with Crippen molar-refractivity contribution < 1.29 is 19.8 Å². The first kappa shape index (κ1) is 26.7. The Morgan fingerprint density at radius 2 is 1.84 bits per heavy atom. The van der Waals surface area contributed by atoms with Gasteiger partial charge < -0.3 is 26.2 Å². The van der Waals surface area contributed by atoms with Crippen LogP contribution in [0.5, 0.6) is 5.75 Å². The van der Waals surface area contributed by atoms with Crippen LogP contribution in [0.4, 0.5) is 0 Å². The van der Waals surface area contributed by atoms with Crippen molar-refractivity contribution in [3.8, 4) is 5.75 Å². The number of aryl methyl sites for hydroxylation is 1. The number of hydrogen-bond acceptors (Lipinski definition) is 6. The Hall–Kier alpha value is -2.94. The van der Waals surface area contributed by atoms with Gasteiger partial charge in [0.15, 0.2) is 0 Å². The number of nitrogens with zero attached hydrogens (tertiary/aromatic N) is 1. The van der Waals surface area contributed by atoms with E-state index in [1.54, 1.807) is 26.1 Å². The Balaban J connectivity index is 1.50. The van der Waals surface area contributed by atoms with Gasteiger partial charge in [0.25, 0.3) is 0 Å². The van der Waals surface area contributed by atoms with Crippen LogP contribution >= 0.6 is 0 Å². The number of aliphatic hydroxyl groups is 1. The zero-order valence-electron chi connectivity index (χ0n) is 22.7. The van der Waals surface area contributed by atoms with Crippen molar-refractivity contribution in [2.45, 2.75) is 89.3 Å². The van der Waals surface area contributed by atoms with E-state index in [1.807, 2.05) is 23.1 Å². The fourth-order valence-corrected chi connectivity index (χ4v) is 6.74. The first-order valence-electron chi connectivity index (χ1n) is 13.7. The third kappa shape index (κ3) is 4.81. The van der Waals surface area contributed by atoms with Crippen LogP contribution in [-0.4, -0.2) is 58.3 Å². The molecular weight excluding hydrogens is 480 g/mol. The largest absolute Gasteiger partial charge is 0.508 e. The van der Waals surface area contributed by atoms with E-state index in [1.165, 1.54) is 5.56 Å². The van der Waals surface area contributed by atoms with Gasteiger partial charge in [0.05, 0.1) is 24.2 Å². The lowest BCUT2D eigenvalue weighted by Crippen LogP contribution is -2.60. The number of amides is 2. The van der Waals surface area contributed by atoms with Gasteiger partial charge in [-0.25, -0.2) is 0 Å². The quantitative estimate of drug-likeness (QED) is 0.414. The number of rotatable bonds is 5. The van der Waals surface area contributed by atoms with Gasteiger partial charge in [0.1, 0.15) is 12.0 Å². The number of carbonyl (C=O) groups is 2. The van der Waals surface area contributed by atoms with E-state index in [4.69, 9.17) is 0 Å². The minimum absolute atomic E-state index is 0.0743. The topological polar surface area (TPSA) is 114 Å². The van der Waals surface area contributed by atoms with Crippen molar-refractivity contribution in [2.75, 3.05) is 7.05 Å². The Labute approximate surface area is 224 Å². The molecule has 2 aliphatic heterocycles. The molecule has 2 amide bonds. The molecule has 1 saturated heterocycles. The molecule has 5 N–H and O–H groups in total. The number of aromatic hydroxyl groups is 1. The number of phenolic OH excluding ortho intramolecular Hbond substituents is 1. The fourth-order valence-electron chi connectivity index (χ4n) is 6.74. The van der Waals surface area contributed by atoms with E-state index in [2.05, 4.69) is 41.9 Å². The number of nitrogens with one attached hydrogen (secondary N) is 3. The summed E-state index contributed by atoms with van der Waals surface area (Å²) in [6.07, 6.45) is 2.84. The Morgan fingerprint density at radius 1 is 1.08 bits per heavy atom. The molecule has 8 nitrogen and oxygen atoms in total. The number of likely N-dealkylation sites (N-methyl/N-ethyl adjacent to an activating group) is 1. The van der Waals surface area contributed by atoms with Gasteiger partial charge in [-0.2, -0.15) is 0 Å². The van der Waals surface area contributed by atoms with Crippen LogP contribution < -0.4 is 16.0 Å². The summed E-state index contributed by atoms with van der Waals surface area (Å²) >= 11 is 0. The maximum atomic E-state index is 14.1. The van der Waals surface area contributed by atoms with E-state index in [0.29, 0.717) is 12.8 Å². The Kier molecular flexibility index (Phi) is 7.24. The highest BCUT2D eigenvalue weighted by molar-refractivity contribution is 5.84. The predicted octanol–water partition coefficient (Wildman–Crippen LogP) is 2.69. The molecule has 3 aliphatic rings. The second-order valence-electron chi connectivity index (χ2n) is 11.8. The molecule has 2 heterocycles. The standard InChI is InChI=1S/C30H40N4O4/c1-17(31-4)27(36)33-24-14-19-12-13-20(35)15-22(19)25-16-30(2,3)26(34(25)29(24)38)28(37)32-23-11-7-9-18-8-5-6-10-21(18)23/h5-6,8,10,12-13,15,17,23-26,29,31,35,38H,7,9,11,14,16H2,1-4H3,(H,32,37)(H,33,36)/t17-,23+,24-,25+,26?,29?/m0/s1. The summed E-state index contributed by atoms with van der Waals surface area (Å²) in [4.78, 5) is 28.8. The maximum Gasteiger partial charge on any atom is 0.238 e. The zero-order chi connectivity index (χ0) is 27.2. The van der Waals surface area contributed by atoms with E-state index in [-0.39, 0.29) is 29.6 Å². The van der Waals surface area contributed by atoms with Crippen LogP contribution in [0.3, 0.4) is 0 Å². The summed E-state index contributed by atoms with van der Waals surface area (Å²) in [5, 5.41) is 31.5. The van der Waals surface area contributed by atoms with Crippen LogP contribution in [0.25, 0.3) is 0 Å². The third-order valence-corrected chi connectivity index (χ3v) is 8.80. The molecule has 0 saturated carbocycles. The van der Waals surface area contributed by atoms with Gasteiger partial charge in [0, 0.05) is 6.04 Å². The normalized spacial score (nSPS) is 28.8. The second kappa shape index (κ2) is 10.3. The van der Waals surface area contributed by atoms with Crippen LogP contribution in [0.2, 0.25) is 0 Å². The molecule has 204 valence electrons.